The predicted octanol–water partition coefficient (Wildman–Crippen LogP) is 2.89. The number of nitrogens with zero attached hydrogens (tertiary/aromatic N) is 1. The molecule has 0 radical (unpaired) electrons. The molecule has 2 aliphatic carbocycles. The fourth-order valence-corrected chi connectivity index (χ4v) is 4.76. The Morgan fingerprint density at radius 2 is 1.94 bits per heavy atom. The molecule has 2 nitrogen and oxygen atoms in total. The van der Waals surface area contributed by atoms with Crippen LogP contribution < -0.4 is 5.32 Å². The lowest BCUT2D eigenvalue weighted by atomic mass is 9.86. The van der Waals surface area contributed by atoms with Gasteiger partial charge < -0.3 is 10.2 Å². The second-order valence-electron chi connectivity index (χ2n) is 7.23. The summed E-state index contributed by atoms with van der Waals surface area (Å²) in [5.74, 6) is 2.95. The highest BCUT2D eigenvalue weighted by Crippen LogP contribution is 2.38. The molecule has 3 rings (SSSR count). The van der Waals surface area contributed by atoms with Crippen molar-refractivity contribution >= 4 is 0 Å². The lowest BCUT2D eigenvalue weighted by Crippen LogP contribution is -2.44. The number of likely N-dealkylation sites (N-methyl/N-ethyl adjacent to an activating group) is 1. The zero-order valence-electron chi connectivity index (χ0n) is 12.2. The molecular formula is C16H30N2. The third kappa shape index (κ3) is 2.60. The van der Waals surface area contributed by atoms with Crippen molar-refractivity contribution in [2.75, 3.05) is 20.1 Å². The lowest BCUT2D eigenvalue weighted by Gasteiger charge is -2.36. The van der Waals surface area contributed by atoms with Crippen LogP contribution in [0.5, 0.6) is 0 Å². The Hall–Kier alpha value is -0.0800. The molecule has 0 spiro atoms. The van der Waals surface area contributed by atoms with E-state index in [-0.39, 0.29) is 0 Å². The molecule has 1 saturated heterocycles. The van der Waals surface area contributed by atoms with E-state index in [1.807, 2.05) is 0 Å². The summed E-state index contributed by atoms with van der Waals surface area (Å²) >= 11 is 0. The van der Waals surface area contributed by atoms with Crippen LogP contribution in [0.3, 0.4) is 0 Å². The van der Waals surface area contributed by atoms with Crippen molar-refractivity contribution in [2.45, 2.75) is 64.0 Å². The van der Waals surface area contributed by atoms with E-state index in [0.717, 1.165) is 29.8 Å². The third-order valence-electron chi connectivity index (χ3n) is 5.89. The molecule has 0 bridgehead atoms. The molecule has 1 N–H and O–H groups in total. The summed E-state index contributed by atoms with van der Waals surface area (Å²) in [5.41, 5.74) is 0. The first-order valence-electron chi connectivity index (χ1n) is 8.17. The molecule has 1 heterocycles. The minimum Gasteiger partial charge on any atom is -0.312 e. The topological polar surface area (TPSA) is 15.3 Å². The second kappa shape index (κ2) is 5.50. The lowest BCUT2D eigenvalue weighted by molar-refractivity contribution is 0.144. The second-order valence-corrected chi connectivity index (χ2v) is 7.23. The van der Waals surface area contributed by atoms with Gasteiger partial charge in [-0.25, -0.2) is 0 Å². The highest BCUT2D eigenvalue weighted by atomic mass is 15.2. The molecule has 1 aliphatic heterocycles. The van der Waals surface area contributed by atoms with E-state index in [9.17, 15) is 0 Å². The van der Waals surface area contributed by atoms with Crippen LogP contribution in [0, 0.1) is 17.8 Å². The molecule has 18 heavy (non-hydrogen) atoms. The standard InChI is InChI=1S/C16H30N2/c1-12-5-3-7-14(9-12)18(2)11-16-15-8-4-6-13(15)10-17-16/h12-17H,3-11H2,1-2H3. The number of hydrogen-bond acceptors (Lipinski definition) is 2. The van der Waals surface area contributed by atoms with Gasteiger partial charge in [-0.15, -0.1) is 0 Å². The normalized spacial score (nSPS) is 44.5. The van der Waals surface area contributed by atoms with Gasteiger partial charge in [0.25, 0.3) is 0 Å². The zero-order chi connectivity index (χ0) is 12.5. The van der Waals surface area contributed by atoms with Gasteiger partial charge in [-0.05, 0) is 57.0 Å². The largest absolute Gasteiger partial charge is 0.312 e. The van der Waals surface area contributed by atoms with Crippen LogP contribution in [-0.2, 0) is 0 Å². The molecular weight excluding hydrogens is 220 g/mol. The number of fused-ring (bicyclic) bond motifs is 1. The smallest absolute Gasteiger partial charge is 0.0226 e. The Balaban J connectivity index is 1.52. The van der Waals surface area contributed by atoms with Crippen LogP contribution in [-0.4, -0.2) is 37.1 Å². The van der Waals surface area contributed by atoms with Gasteiger partial charge in [0.15, 0.2) is 0 Å². The van der Waals surface area contributed by atoms with Crippen LogP contribution in [0.4, 0.5) is 0 Å². The summed E-state index contributed by atoms with van der Waals surface area (Å²) in [5, 5.41) is 3.80. The Bertz CT molecular complexity index is 278. The summed E-state index contributed by atoms with van der Waals surface area (Å²) < 4.78 is 0. The fourth-order valence-electron chi connectivity index (χ4n) is 4.76. The van der Waals surface area contributed by atoms with Crippen molar-refractivity contribution in [1.29, 1.82) is 0 Å². The number of nitrogens with one attached hydrogen (secondary N) is 1. The molecule has 2 saturated carbocycles. The summed E-state index contributed by atoms with van der Waals surface area (Å²) in [4.78, 5) is 2.67. The SMILES string of the molecule is CC1CCCC(N(C)CC2NCC3CCCC32)C1. The Morgan fingerprint density at radius 3 is 2.78 bits per heavy atom. The first kappa shape index (κ1) is 12.9. The van der Waals surface area contributed by atoms with E-state index in [1.54, 1.807) is 0 Å². The van der Waals surface area contributed by atoms with Crippen LogP contribution in [0.2, 0.25) is 0 Å². The van der Waals surface area contributed by atoms with Crippen LogP contribution in [0.15, 0.2) is 0 Å². The van der Waals surface area contributed by atoms with E-state index in [1.165, 1.54) is 58.0 Å². The summed E-state index contributed by atoms with van der Waals surface area (Å²) in [6.45, 7) is 5.02. The quantitative estimate of drug-likeness (QED) is 0.828. The molecule has 5 unspecified atom stereocenters. The van der Waals surface area contributed by atoms with Crippen molar-refractivity contribution in [3.05, 3.63) is 0 Å². The average molecular weight is 250 g/mol. The number of rotatable bonds is 3. The monoisotopic (exact) mass is 250 g/mol. The van der Waals surface area contributed by atoms with Crippen molar-refractivity contribution in [2.24, 2.45) is 17.8 Å². The van der Waals surface area contributed by atoms with Gasteiger partial charge in [-0.1, -0.05) is 26.2 Å². The molecule has 3 fully saturated rings. The predicted molar refractivity (Wildman–Crippen MR) is 76.7 cm³/mol. The van der Waals surface area contributed by atoms with Crippen molar-refractivity contribution in [3.8, 4) is 0 Å². The van der Waals surface area contributed by atoms with Crippen molar-refractivity contribution in [3.63, 3.8) is 0 Å². The van der Waals surface area contributed by atoms with E-state index < -0.39 is 0 Å². The van der Waals surface area contributed by atoms with Crippen molar-refractivity contribution < 1.29 is 0 Å². The highest BCUT2D eigenvalue weighted by Gasteiger charge is 2.39. The summed E-state index contributed by atoms with van der Waals surface area (Å²) in [6.07, 6.45) is 10.2. The van der Waals surface area contributed by atoms with E-state index in [0.29, 0.717) is 0 Å². The van der Waals surface area contributed by atoms with Gasteiger partial charge in [0.2, 0.25) is 0 Å². The first-order valence-corrected chi connectivity index (χ1v) is 8.17. The summed E-state index contributed by atoms with van der Waals surface area (Å²) in [7, 11) is 2.37. The van der Waals surface area contributed by atoms with Gasteiger partial charge in [-0.2, -0.15) is 0 Å². The minimum atomic E-state index is 0.791. The van der Waals surface area contributed by atoms with Gasteiger partial charge in [0.1, 0.15) is 0 Å². The average Bonchev–Trinajstić information content (AvgIpc) is 2.94. The minimum absolute atomic E-state index is 0.791. The molecule has 0 aromatic carbocycles. The Labute approximate surface area is 113 Å². The number of hydrogen-bond donors (Lipinski definition) is 1. The first-order chi connectivity index (χ1) is 8.74. The highest BCUT2D eigenvalue weighted by molar-refractivity contribution is 4.96. The van der Waals surface area contributed by atoms with Gasteiger partial charge in [-0.3, -0.25) is 0 Å². The molecule has 2 heteroatoms. The van der Waals surface area contributed by atoms with E-state index in [2.05, 4.69) is 24.2 Å². The van der Waals surface area contributed by atoms with Crippen LogP contribution in [0.1, 0.15) is 51.9 Å². The van der Waals surface area contributed by atoms with Gasteiger partial charge in [0, 0.05) is 18.6 Å². The van der Waals surface area contributed by atoms with Crippen LogP contribution in [0.25, 0.3) is 0 Å². The Morgan fingerprint density at radius 1 is 1.11 bits per heavy atom. The Kier molecular flexibility index (Phi) is 3.95. The van der Waals surface area contributed by atoms with E-state index >= 15 is 0 Å². The molecule has 0 aromatic rings. The van der Waals surface area contributed by atoms with Gasteiger partial charge in [0.05, 0.1) is 0 Å². The van der Waals surface area contributed by atoms with Crippen LogP contribution >= 0.6 is 0 Å². The molecule has 5 atom stereocenters. The third-order valence-corrected chi connectivity index (χ3v) is 5.89. The zero-order valence-corrected chi connectivity index (χ0v) is 12.2. The van der Waals surface area contributed by atoms with Crippen molar-refractivity contribution in [1.82, 2.24) is 10.2 Å². The molecule has 3 aliphatic rings. The molecule has 0 amide bonds. The maximum Gasteiger partial charge on any atom is 0.0226 e. The molecule has 0 aromatic heterocycles. The van der Waals surface area contributed by atoms with E-state index in [4.69, 9.17) is 0 Å². The summed E-state index contributed by atoms with van der Waals surface area (Å²) in [6, 6.07) is 1.65. The fraction of sp³-hybridized carbons (Fsp3) is 1.00. The maximum absolute atomic E-state index is 3.80. The molecule has 104 valence electrons. The van der Waals surface area contributed by atoms with Gasteiger partial charge >= 0.3 is 0 Å². The maximum atomic E-state index is 3.80.